The number of rotatable bonds is 5. The van der Waals surface area contributed by atoms with Crippen LogP contribution < -0.4 is 17.2 Å². The predicted molar refractivity (Wildman–Crippen MR) is 120 cm³/mol. The molecular weight excluding hydrogens is 425 g/mol. The Bertz CT molecular complexity index is 951. The van der Waals surface area contributed by atoms with Gasteiger partial charge in [-0.15, -0.1) is 0 Å². The number of piperazine rings is 1. The molecule has 30 heavy (non-hydrogen) atoms. The van der Waals surface area contributed by atoms with E-state index in [2.05, 4.69) is 0 Å². The molecule has 160 valence electrons. The van der Waals surface area contributed by atoms with Crippen LogP contribution in [0.25, 0.3) is 11.1 Å². The molecule has 1 saturated heterocycles. The smallest absolute Gasteiger partial charge is 0.241 e. The maximum atomic E-state index is 12.2. The summed E-state index contributed by atoms with van der Waals surface area (Å²) in [4.78, 5) is 27.6. The highest BCUT2D eigenvalue weighted by atomic mass is 35.5. The second-order valence-electron chi connectivity index (χ2n) is 7.27. The summed E-state index contributed by atoms with van der Waals surface area (Å²) in [7, 11) is 0. The van der Waals surface area contributed by atoms with Crippen molar-refractivity contribution in [2.45, 2.75) is 25.6 Å². The lowest BCUT2D eigenvalue weighted by atomic mass is 9.99. The minimum Gasteiger partial charge on any atom is -0.398 e. The van der Waals surface area contributed by atoms with Crippen molar-refractivity contribution in [1.29, 1.82) is 0 Å². The molecule has 0 aliphatic carbocycles. The van der Waals surface area contributed by atoms with Crippen LogP contribution in [0.4, 0.5) is 5.69 Å². The number of carbonyl (C=O) groups is 2. The number of hydrogen-bond acceptors (Lipinski definition) is 5. The number of nitrogen functional groups attached to an aromatic ring is 1. The number of amides is 2. The van der Waals surface area contributed by atoms with Gasteiger partial charge in [0.15, 0.2) is 0 Å². The van der Waals surface area contributed by atoms with Gasteiger partial charge >= 0.3 is 0 Å². The molecule has 2 aromatic rings. The Morgan fingerprint density at radius 1 is 1.17 bits per heavy atom. The van der Waals surface area contributed by atoms with E-state index >= 15 is 0 Å². The third-order valence-corrected chi connectivity index (χ3v) is 5.97. The molecule has 7 nitrogen and oxygen atoms in total. The van der Waals surface area contributed by atoms with Gasteiger partial charge < -0.3 is 22.1 Å². The molecule has 0 saturated carbocycles. The Morgan fingerprint density at radius 2 is 1.83 bits per heavy atom. The van der Waals surface area contributed by atoms with E-state index in [4.69, 9.17) is 40.4 Å². The molecule has 2 atom stereocenters. The van der Waals surface area contributed by atoms with Gasteiger partial charge in [-0.25, -0.2) is 0 Å². The normalized spacial score (nSPS) is 18.3. The van der Waals surface area contributed by atoms with E-state index in [0.29, 0.717) is 40.8 Å². The SMILES string of the molecule is CCC(=O)N1CCN(C(N)c2cc(-c3ccc(Cl)cc3)c(Cl)cc2N)CC1C(N)=O. The second kappa shape index (κ2) is 9.22. The Kier molecular flexibility index (Phi) is 6.88. The lowest BCUT2D eigenvalue weighted by molar-refractivity contribution is -0.143. The summed E-state index contributed by atoms with van der Waals surface area (Å²) >= 11 is 12.4. The van der Waals surface area contributed by atoms with Crippen molar-refractivity contribution >= 4 is 40.7 Å². The number of halogens is 2. The summed E-state index contributed by atoms with van der Waals surface area (Å²) in [6.45, 7) is 2.85. The first-order chi connectivity index (χ1) is 14.2. The van der Waals surface area contributed by atoms with Gasteiger partial charge in [-0.05, 0) is 29.8 Å². The zero-order valence-corrected chi connectivity index (χ0v) is 18.2. The van der Waals surface area contributed by atoms with Crippen molar-refractivity contribution in [3.05, 3.63) is 52.0 Å². The van der Waals surface area contributed by atoms with Gasteiger partial charge in [0.05, 0.1) is 11.2 Å². The minimum atomic E-state index is -0.735. The molecule has 9 heteroatoms. The molecule has 2 amide bonds. The fraction of sp³-hybridized carbons (Fsp3) is 0.333. The zero-order valence-electron chi connectivity index (χ0n) is 16.6. The van der Waals surface area contributed by atoms with Gasteiger partial charge in [-0.2, -0.15) is 0 Å². The maximum absolute atomic E-state index is 12.2. The van der Waals surface area contributed by atoms with Crippen LogP contribution in [0.15, 0.2) is 36.4 Å². The molecule has 1 aliphatic rings. The standard InChI is InChI=1S/C21H25Cl2N5O2/c1-2-19(29)28-8-7-27(11-18(28)21(26)30)20(25)15-9-14(16(23)10-17(15)24)12-3-5-13(22)6-4-12/h3-6,9-10,18,20H,2,7-8,11,24-25H2,1H3,(H2,26,30). The Morgan fingerprint density at radius 3 is 2.43 bits per heavy atom. The maximum Gasteiger partial charge on any atom is 0.241 e. The summed E-state index contributed by atoms with van der Waals surface area (Å²) in [6, 6.07) is 10.1. The fourth-order valence-electron chi connectivity index (χ4n) is 3.71. The first-order valence-electron chi connectivity index (χ1n) is 9.66. The van der Waals surface area contributed by atoms with E-state index in [1.54, 1.807) is 25.1 Å². The molecule has 1 heterocycles. The van der Waals surface area contributed by atoms with E-state index in [0.717, 1.165) is 11.1 Å². The number of anilines is 1. The number of nitrogens with two attached hydrogens (primary N) is 3. The van der Waals surface area contributed by atoms with Crippen LogP contribution in [0.1, 0.15) is 25.1 Å². The topological polar surface area (TPSA) is 119 Å². The zero-order chi connectivity index (χ0) is 22.0. The molecule has 1 aliphatic heterocycles. The van der Waals surface area contributed by atoms with Crippen LogP contribution in [0.2, 0.25) is 10.0 Å². The monoisotopic (exact) mass is 449 g/mol. The van der Waals surface area contributed by atoms with Gasteiger partial charge in [-0.1, -0.05) is 42.3 Å². The average Bonchev–Trinajstić information content (AvgIpc) is 2.73. The lowest BCUT2D eigenvalue weighted by Gasteiger charge is -2.42. The molecule has 0 spiro atoms. The average molecular weight is 450 g/mol. The van der Waals surface area contributed by atoms with Gasteiger partial charge in [0.25, 0.3) is 0 Å². The number of nitrogens with zero attached hydrogens (tertiary/aromatic N) is 2. The van der Waals surface area contributed by atoms with Crippen LogP contribution in [-0.2, 0) is 9.59 Å². The number of benzene rings is 2. The highest BCUT2D eigenvalue weighted by molar-refractivity contribution is 6.33. The van der Waals surface area contributed by atoms with Crippen LogP contribution >= 0.6 is 23.2 Å². The third-order valence-electron chi connectivity index (χ3n) is 5.40. The van der Waals surface area contributed by atoms with Gasteiger partial charge in [0.2, 0.25) is 11.8 Å². The van der Waals surface area contributed by atoms with Crippen molar-refractivity contribution in [2.24, 2.45) is 11.5 Å². The lowest BCUT2D eigenvalue weighted by Crippen LogP contribution is -2.61. The number of primary amides is 1. The Labute approximate surface area is 185 Å². The molecule has 2 unspecified atom stereocenters. The Hall–Kier alpha value is -2.32. The molecule has 1 fully saturated rings. The van der Waals surface area contributed by atoms with Crippen molar-refractivity contribution in [3.63, 3.8) is 0 Å². The third kappa shape index (κ3) is 4.54. The van der Waals surface area contributed by atoms with Gasteiger partial charge in [0.1, 0.15) is 6.04 Å². The first-order valence-corrected chi connectivity index (χ1v) is 10.4. The summed E-state index contributed by atoms with van der Waals surface area (Å²) in [5.41, 5.74) is 21.1. The first kappa shape index (κ1) is 22.4. The van der Waals surface area contributed by atoms with Crippen LogP contribution in [-0.4, -0.2) is 47.3 Å². The highest BCUT2D eigenvalue weighted by Crippen LogP contribution is 2.35. The summed E-state index contributed by atoms with van der Waals surface area (Å²) in [6.07, 6.45) is -0.279. The molecule has 0 bridgehead atoms. The van der Waals surface area contributed by atoms with E-state index in [9.17, 15) is 9.59 Å². The minimum absolute atomic E-state index is 0.108. The molecular formula is C21H25Cl2N5O2. The van der Waals surface area contributed by atoms with Crippen LogP contribution in [0.5, 0.6) is 0 Å². The summed E-state index contributed by atoms with van der Waals surface area (Å²) < 4.78 is 0. The molecule has 6 N–H and O–H groups in total. The van der Waals surface area contributed by atoms with Crippen LogP contribution in [0, 0.1) is 0 Å². The second-order valence-corrected chi connectivity index (χ2v) is 8.11. The summed E-state index contributed by atoms with van der Waals surface area (Å²) in [5, 5.41) is 1.12. The quantitative estimate of drug-likeness (QED) is 0.606. The largest absolute Gasteiger partial charge is 0.398 e. The Balaban J connectivity index is 1.90. The number of hydrogen-bond donors (Lipinski definition) is 3. The molecule has 3 rings (SSSR count). The fourth-order valence-corrected chi connectivity index (χ4v) is 4.12. The van der Waals surface area contributed by atoms with Crippen molar-refractivity contribution in [1.82, 2.24) is 9.80 Å². The van der Waals surface area contributed by atoms with Crippen molar-refractivity contribution in [2.75, 3.05) is 25.4 Å². The van der Waals surface area contributed by atoms with Crippen LogP contribution in [0.3, 0.4) is 0 Å². The van der Waals surface area contributed by atoms with Crippen molar-refractivity contribution < 1.29 is 9.59 Å². The number of carbonyl (C=O) groups excluding carboxylic acids is 2. The molecule has 0 aromatic heterocycles. The van der Waals surface area contributed by atoms with Crippen molar-refractivity contribution in [3.8, 4) is 11.1 Å². The molecule has 2 aromatic carbocycles. The van der Waals surface area contributed by atoms with E-state index in [1.165, 1.54) is 4.90 Å². The predicted octanol–water partition coefficient (Wildman–Crippen LogP) is 2.61. The van der Waals surface area contributed by atoms with Gasteiger partial charge in [-0.3, -0.25) is 14.5 Å². The molecule has 0 radical (unpaired) electrons. The van der Waals surface area contributed by atoms with Gasteiger partial charge in [0, 0.05) is 47.9 Å². The van der Waals surface area contributed by atoms with E-state index < -0.39 is 18.1 Å². The van der Waals surface area contributed by atoms with E-state index in [1.807, 2.05) is 23.1 Å². The highest BCUT2D eigenvalue weighted by Gasteiger charge is 2.36. The summed E-state index contributed by atoms with van der Waals surface area (Å²) in [5.74, 6) is -0.664. The van der Waals surface area contributed by atoms with E-state index in [-0.39, 0.29) is 12.5 Å².